The maximum Gasteiger partial charge on any atom is 0.471 e. The second-order valence-electron chi connectivity index (χ2n) is 4.24. The number of halogens is 3. The Labute approximate surface area is 120 Å². The molecule has 0 spiro atoms. The topological polar surface area (TPSA) is 70.6 Å². The van der Waals surface area contributed by atoms with E-state index in [0.717, 1.165) is 0 Å². The molecule has 0 saturated heterocycles. The number of carbonyl (C=O) groups is 1. The predicted octanol–water partition coefficient (Wildman–Crippen LogP) is 0.694. The van der Waals surface area contributed by atoms with E-state index in [0.29, 0.717) is 5.75 Å². The summed E-state index contributed by atoms with van der Waals surface area (Å²) < 4.78 is 40.9. The van der Waals surface area contributed by atoms with Crippen LogP contribution in [0.5, 0.6) is 5.75 Å². The molecular formula is C13H17F3N2O3. The Kier molecular flexibility index (Phi) is 6.97. The number of ether oxygens (including phenoxy) is 1. The lowest BCUT2D eigenvalue weighted by Gasteiger charge is -2.13. The third-order valence-corrected chi connectivity index (χ3v) is 2.41. The zero-order valence-electron chi connectivity index (χ0n) is 11.2. The van der Waals surface area contributed by atoms with Gasteiger partial charge in [0.05, 0.1) is 0 Å². The molecule has 1 amide bonds. The molecule has 21 heavy (non-hydrogen) atoms. The predicted molar refractivity (Wildman–Crippen MR) is 69.9 cm³/mol. The number of aliphatic hydroxyl groups excluding tert-OH is 1. The number of para-hydroxylation sites is 1. The van der Waals surface area contributed by atoms with E-state index >= 15 is 0 Å². The van der Waals surface area contributed by atoms with E-state index in [1.165, 1.54) is 0 Å². The molecule has 0 saturated carbocycles. The van der Waals surface area contributed by atoms with Crippen LogP contribution in [0.3, 0.4) is 0 Å². The molecule has 0 fully saturated rings. The van der Waals surface area contributed by atoms with Crippen LogP contribution in [0.25, 0.3) is 0 Å². The molecule has 1 atom stereocenters. The Morgan fingerprint density at radius 3 is 2.52 bits per heavy atom. The third kappa shape index (κ3) is 7.52. The Balaban J connectivity index is 2.06. The van der Waals surface area contributed by atoms with Crippen LogP contribution in [0.1, 0.15) is 0 Å². The number of benzene rings is 1. The monoisotopic (exact) mass is 306 g/mol. The molecule has 8 heteroatoms. The van der Waals surface area contributed by atoms with Gasteiger partial charge in [0.1, 0.15) is 18.5 Å². The minimum atomic E-state index is -4.87. The van der Waals surface area contributed by atoms with Crippen LogP contribution < -0.4 is 15.4 Å². The standard InChI is InChI=1S/C13H17F3N2O3/c14-13(15,16)12(20)18-7-6-17-8-10(19)9-21-11-4-2-1-3-5-11/h1-5,10,17,19H,6-9H2,(H,18,20). The van der Waals surface area contributed by atoms with Crippen LogP contribution >= 0.6 is 0 Å². The van der Waals surface area contributed by atoms with E-state index in [1.54, 1.807) is 29.6 Å². The number of carbonyl (C=O) groups excluding carboxylic acids is 1. The maximum absolute atomic E-state index is 11.9. The van der Waals surface area contributed by atoms with Crippen molar-refractivity contribution in [3.8, 4) is 5.75 Å². The first-order valence-electron chi connectivity index (χ1n) is 6.31. The fraction of sp³-hybridized carbons (Fsp3) is 0.462. The smallest absolute Gasteiger partial charge is 0.471 e. The molecule has 0 heterocycles. The second kappa shape index (κ2) is 8.48. The second-order valence-corrected chi connectivity index (χ2v) is 4.24. The molecule has 1 aromatic carbocycles. The van der Waals surface area contributed by atoms with Crippen molar-refractivity contribution in [3.05, 3.63) is 30.3 Å². The molecule has 0 radical (unpaired) electrons. The van der Waals surface area contributed by atoms with Crippen LogP contribution in [0.15, 0.2) is 30.3 Å². The summed E-state index contributed by atoms with van der Waals surface area (Å²) >= 11 is 0. The summed E-state index contributed by atoms with van der Waals surface area (Å²) in [6, 6.07) is 8.91. The summed E-state index contributed by atoms with van der Waals surface area (Å²) in [5, 5.41) is 14.0. The molecule has 1 rings (SSSR count). The van der Waals surface area contributed by atoms with Crippen LogP contribution in [-0.4, -0.2) is 49.5 Å². The van der Waals surface area contributed by atoms with Gasteiger partial charge in [-0.05, 0) is 12.1 Å². The van der Waals surface area contributed by atoms with Crippen LogP contribution in [0, 0.1) is 0 Å². The Morgan fingerprint density at radius 1 is 1.24 bits per heavy atom. The van der Waals surface area contributed by atoms with Gasteiger partial charge in [-0.25, -0.2) is 0 Å². The normalized spacial score (nSPS) is 12.8. The first kappa shape index (κ1) is 17.3. The highest BCUT2D eigenvalue weighted by atomic mass is 19.4. The lowest BCUT2D eigenvalue weighted by Crippen LogP contribution is -2.41. The van der Waals surface area contributed by atoms with Crippen molar-refractivity contribution < 1.29 is 27.8 Å². The number of hydrogen-bond donors (Lipinski definition) is 3. The van der Waals surface area contributed by atoms with Gasteiger partial charge < -0.3 is 20.5 Å². The Bertz CT molecular complexity index is 426. The fourth-order valence-corrected chi connectivity index (χ4v) is 1.40. The van der Waals surface area contributed by atoms with Gasteiger partial charge in [-0.15, -0.1) is 0 Å². The Hall–Kier alpha value is -1.80. The van der Waals surface area contributed by atoms with E-state index in [4.69, 9.17) is 4.74 Å². The molecular weight excluding hydrogens is 289 g/mol. The number of alkyl halides is 3. The average molecular weight is 306 g/mol. The van der Waals surface area contributed by atoms with Crippen molar-refractivity contribution in [2.24, 2.45) is 0 Å². The molecule has 0 aliphatic rings. The summed E-state index contributed by atoms with van der Waals surface area (Å²) in [4.78, 5) is 10.5. The maximum atomic E-state index is 11.9. The van der Waals surface area contributed by atoms with Crippen molar-refractivity contribution in [1.82, 2.24) is 10.6 Å². The zero-order chi connectivity index (χ0) is 15.7. The van der Waals surface area contributed by atoms with Gasteiger partial charge in [-0.3, -0.25) is 4.79 Å². The van der Waals surface area contributed by atoms with Gasteiger partial charge in [0.2, 0.25) is 0 Å². The van der Waals surface area contributed by atoms with Gasteiger partial charge in [-0.1, -0.05) is 18.2 Å². The summed E-state index contributed by atoms with van der Waals surface area (Å²) in [6.07, 6.45) is -5.67. The van der Waals surface area contributed by atoms with Gasteiger partial charge in [0, 0.05) is 19.6 Å². The number of hydrogen-bond acceptors (Lipinski definition) is 4. The van der Waals surface area contributed by atoms with E-state index in [-0.39, 0.29) is 26.2 Å². The van der Waals surface area contributed by atoms with Crippen molar-refractivity contribution in [2.45, 2.75) is 12.3 Å². The van der Waals surface area contributed by atoms with Crippen LogP contribution in [0.2, 0.25) is 0 Å². The lowest BCUT2D eigenvalue weighted by molar-refractivity contribution is -0.173. The van der Waals surface area contributed by atoms with Crippen molar-refractivity contribution >= 4 is 5.91 Å². The minimum Gasteiger partial charge on any atom is -0.491 e. The molecule has 5 nitrogen and oxygen atoms in total. The SMILES string of the molecule is O=C(NCCNCC(O)COc1ccccc1)C(F)(F)F. The first-order valence-corrected chi connectivity index (χ1v) is 6.31. The van der Waals surface area contributed by atoms with E-state index < -0.39 is 18.2 Å². The van der Waals surface area contributed by atoms with Crippen LogP contribution in [-0.2, 0) is 4.79 Å². The summed E-state index contributed by atoms with van der Waals surface area (Å²) in [5.74, 6) is -1.36. The third-order valence-electron chi connectivity index (χ3n) is 2.41. The molecule has 0 aromatic heterocycles. The molecule has 1 unspecified atom stereocenters. The van der Waals surface area contributed by atoms with Crippen LogP contribution in [0.4, 0.5) is 13.2 Å². The molecule has 0 bridgehead atoms. The first-order chi connectivity index (χ1) is 9.89. The van der Waals surface area contributed by atoms with Crippen molar-refractivity contribution in [2.75, 3.05) is 26.2 Å². The molecule has 3 N–H and O–H groups in total. The van der Waals surface area contributed by atoms with E-state index in [1.807, 2.05) is 6.07 Å². The average Bonchev–Trinajstić information content (AvgIpc) is 2.44. The molecule has 0 aliphatic carbocycles. The van der Waals surface area contributed by atoms with Gasteiger partial charge in [0.15, 0.2) is 0 Å². The quantitative estimate of drug-likeness (QED) is 0.618. The summed E-state index contributed by atoms with van der Waals surface area (Å²) in [7, 11) is 0. The zero-order valence-corrected chi connectivity index (χ0v) is 11.2. The van der Waals surface area contributed by atoms with Crippen molar-refractivity contribution in [3.63, 3.8) is 0 Å². The van der Waals surface area contributed by atoms with Gasteiger partial charge in [-0.2, -0.15) is 13.2 Å². The highest BCUT2D eigenvalue weighted by Gasteiger charge is 2.38. The highest BCUT2D eigenvalue weighted by Crippen LogP contribution is 2.13. The highest BCUT2D eigenvalue weighted by molar-refractivity contribution is 5.81. The number of rotatable bonds is 8. The number of nitrogens with one attached hydrogen (secondary N) is 2. The lowest BCUT2D eigenvalue weighted by atomic mass is 10.3. The molecule has 0 aliphatic heterocycles. The number of amides is 1. The molecule has 1 aromatic rings. The van der Waals surface area contributed by atoms with E-state index in [2.05, 4.69) is 5.32 Å². The number of aliphatic hydroxyl groups is 1. The fourth-order valence-electron chi connectivity index (χ4n) is 1.40. The summed E-state index contributed by atoms with van der Waals surface area (Å²) in [6.45, 7) is 0.148. The van der Waals surface area contributed by atoms with Gasteiger partial charge >= 0.3 is 12.1 Å². The largest absolute Gasteiger partial charge is 0.491 e. The van der Waals surface area contributed by atoms with E-state index in [9.17, 15) is 23.1 Å². The minimum absolute atomic E-state index is 0.0614. The summed E-state index contributed by atoms with van der Waals surface area (Å²) in [5.41, 5.74) is 0. The van der Waals surface area contributed by atoms with Crippen molar-refractivity contribution in [1.29, 1.82) is 0 Å². The molecule has 118 valence electrons. The van der Waals surface area contributed by atoms with Gasteiger partial charge in [0.25, 0.3) is 0 Å². The Morgan fingerprint density at radius 2 is 1.90 bits per heavy atom.